The first-order valence-corrected chi connectivity index (χ1v) is 9.69. The molecule has 7 nitrogen and oxygen atoms in total. The quantitative estimate of drug-likeness (QED) is 0.728. The summed E-state index contributed by atoms with van der Waals surface area (Å²) in [5, 5.41) is 13.3. The molecule has 3 aromatic rings. The van der Waals surface area contributed by atoms with Gasteiger partial charge in [0.25, 0.3) is 5.89 Å². The molecule has 1 unspecified atom stereocenters. The van der Waals surface area contributed by atoms with E-state index in [0.29, 0.717) is 36.3 Å². The van der Waals surface area contributed by atoms with Crippen LogP contribution in [0, 0.1) is 0 Å². The van der Waals surface area contributed by atoms with Crippen molar-refractivity contribution in [2.75, 3.05) is 25.5 Å². The van der Waals surface area contributed by atoms with Gasteiger partial charge in [-0.1, -0.05) is 18.2 Å². The fourth-order valence-corrected chi connectivity index (χ4v) is 3.85. The number of aromatic nitrogens is 2. The number of urea groups is 1. The summed E-state index contributed by atoms with van der Waals surface area (Å²) in [7, 11) is 1.59. The monoisotopic (exact) mass is 384 g/mol. The Kier molecular flexibility index (Phi) is 5.06. The number of carbonyl (C=O) groups excluding carboxylic acids is 1. The molecular weight excluding hydrogens is 364 g/mol. The summed E-state index contributed by atoms with van der Waals surface area (Å²) in [6.07, 6.45) is 1.81. The van der Waals surface area contributed by atoms with Crippen LogP contribution in [0.5, 0.6) is 5.75 Å². The van der Waals surface area contributed by atoms with Crippen LogP contribution in [-0.4, -0.2) is 41.3 Å². The van der Waals surface area contributed by atoms with Gasteiger partial charge in [-0.2, -0.15) is 0 Å². The molecule has 27 heavy (non-hydrogen) atoms. The van der Waals surface area contributed by atoms with Crippen molar-refractivity contribution in [2.24, 2.45) is 0 Å². The maximum atomic E-state index is 12.7. The Morgan fingerprint density at radius 2 is 2.19 bits per heavy atom. The summed E-state index contributed by atoms with van der Waals surface area (Å²) in [4.78, 5) is 15.4. The second-order valence-corrected chi connectivity index (χ2v) is 7.29. The highest BCUT2D eigenvalue weighted by Gasteiger charge is 2.29. The summed E-state index contributed by atoms with van der Waals surface area (Å²) >= 11 is 1.56. The Morgan fingerprint density at radius 3 is 3.00 bits per heavy atom. The van der Waals surface area contributed by atoms with Gasteiger partial charge >= 0.3 is 6.03 Å². The molecule has 4 rings (SSSR count). The first-order valence-electron chi connectivity index (χ1n) is 8.81. The van der Waals surface area contributed by atoms with Gasteiger partial charge in [-0.15, -0.1) is 21.5 Å². The number of likely N-dealkylation sites (tertiary alicyclic amines) is 1. The molecule has 0 aliphatic carbocycles. The summed E-state index contributed by atoms with van der Waals surface area (Å²) in [5.41, 5.74) is 0.657. The normalized spacial score (nSPS) is 16.9. The van der Waals surface area contributed by atoms with Gasteiger partial charge in [0.2, 0.25) is 5.89 Å². The van der Waals surface area contributed by atoms with Crippen molar-refractivity contribution >= 4 is 23.1 Å². The molecule has 1 atom stereocenters. The fraction of sp³-hybridized carbons (Fsp3) is 0.316. The van der Waals surface area contributed by atoms with Gasteiger partial charge in [0, 0.05) is 13.1 Å². The lowest BCUT2D eigenvalue weighted by molar-refractivity contribution is 0.187. The van der Waals surface area contributed by atoms with E-state index in [0.717, 1.165) is 17.7 Å². The molecule has 1 saturated heterocycles. The molecule has 0 spiro atoms. The van der Waals surface area contributed by atoms with Crippen molar-refractivity contribution in [1.82, 2.24) is 15.1 Å². The highest BCUT2D eigenvalue weighted by Crippen LogP contribution is 2.30. The highest BCUT2D eigenvalue weighted by atomic mass is 32.1. The average Bonchev–Trinajstić information content (AvgIpc) is 3.40. The van der Waals surface area contributed by atoms with Gasteiger partial charge in [0.15, 0.2) is 0 Å². The number of hydrogen-bond acceptors (Lipinski definition) is 6. The number of thiophene rings is 1. The molecule has 0 radical (unpaired) electrons. The minimum atomic E-state index is -0.151. The van der Waals surface area contributed by atoms with Gasteiger partial charge < -0.3 is 19.4 Å². The van der Waals surface area contributed by atoms with Crippen molar-refractivity contribution in [3.05, 3.63) is 47.7 Å². The molecule has 0 bridgehead atoms. The largest absolute Gasteiger partial charge is 0.495 e. The number of piperidine rings is 1. The lowest BCUT2D eigenvalue weighted by Crippen LogP contribution is -2.41. The summed E-state index contributed by atoms with van der Waals surface area (Å²) in [6, 6.07) is 11.1. The van der Waals surface area contributed by atoms with Crippen LogP contribution >= 0.6 is 11.3 Å². The first-order chi connectivity index (χ1) is 13.2. The van der Waals surface area contributed by atoms with Crippen molar-refractivity contribution in [2.45, 2.75) is 18.8 Å². The number of rotatable bonds is 4. The molecule has 1 aromatic carbocycles. The third-order valence-electron chi connectivity index (χ3n) is 4.58. The molecule has 2 aromatic heterocycles. The molecule has 1 N–H and O–H groups in total. The second-order valence-electron chi connectivity index (χ2n) is 6.34. The topological polar surface area (TPSA) is 80.5 Å². The lowest BCUT2D eigenvalue weighted by atomic mass is 9.98. The van der Waals surface area contributed by atoms with Crippen LogP contribution < -0.4 is 10.1 Å². The Bertz CT molecular complexity index is 909. The number of ether oxygens (including phenoxy) is 1. The van der Waals surface area contributed by atoms with E-state index in [4.69, 9.17) is 9.15 Å². The lowest BCUT2D eigenvalue weighted by Gasteiger charge is -2.31. The SMILES string of the molecule is COc1ccccc1NC(=O)N1CCCC(c2nnc(-c3cccs3)o2)C1. The Balaban J connectivity index is 1.44. The molecule has 1 fully saturated rings. The van der Waals surface area contributed by atoms with Crippen LogP contribution in [0.25, 0.3) is 10.8 Å². The number of carbonyl (C=O) groups is 1. The zero-order chi connectivity index (χ0) is 18.6. The number of amides is 2. The van der Waals surface area contributed by atoms with Gasteiger partial charge in [0.05, 0.1) is 23.6 Å². The standard InChI is InChI=1S/C19H20N4O3S/c1-25-15-8-3-2-7-14(15)20-19(24)23-10-4-6-13(12-23)17-21-22-18(26-17)16-9-5-11-27-16/h2-3,5,7-9,11,13H,4,6,10,12H2,1H3,(H,20,24). The van der Waals surface area contributed by atoms with Gasteiger partial charge in [-0.25, -0.2) is 4.79 Å². The minimum Gasteiger partial charge on any atom is -0.495 e. The molecule has 3 heterocycles. The van der Waals surface area contributed by atoms with Crippen LogP contribution in [-0.2, 0) is 0 Å². The predicted octanol–water partition coefficient (Wildman–Crippen LogP) is 4.22. The molecule has 1 aliphatic heterocycles. The molecule has 1 aliphatic rings. The molecule has 8 heteroatoms. The van der Waals surface area contributed by atoms with Crippen molar-refractivity contribution in [3.8, 4) is 16.5 Å². The maximum Gasteiger partial charge on any atom is 0.321 e. The Morgan fingerprint density at radius 1 is 1.30 bits per heavy atom. The molecule has 0 saturated carbocycles. The minimum absolute atomic E-state index is 0.0448. The van der Waals surface area contributed by atoms with E-state index < -0.39 is 0 Å². The molecule has 140 valence electrons. The van der Waals surface area contributed by atoms with Crippen LogP contribution in [0.1, 0.15) is 24.7 Å². The third kappa shape index (κ3) is 3.80. The predicted molar refractivity (Wildman–Crippen MR) is 103 cm³/mol. The van der Waals surface area contributed by atoms with Crippen LogP contribution in [0.4, 0.5) is 10.5 Å². The van der Waals surface area contributed by atoms with Crippen molar-refractivity contribution in [3.63, 3.8) is 0 Å². The van der Waals surface area contributed by atoms with Crippen molar-refractivity contribution in [1.29, 1.82) is 0 Å². The van der Waals surface area contributed by atoms with Gasteiger partial charge in [0.1, 0.15) is 5.75 Å². The number of nitrogens with one attached hydrogen (secondary N) is 1. The van der Waals surface area contributed by atoms with Crippen LogP contribution in [0.3, 0.4) is 0 Å². The van der Waals surface area contributed by atoms with E-state index >= 15 is 0 Å². The second kappa shape index (κ2) is 7.79. The number of anilines is 1. The van der Waals surface area contributed by atoms with E-state index in [2.05, 4.69) is 15.5 Å². The maximum absolute atomic E-state index is 12.7. The zero-order valence-electron chi connectivity index (χ0n) is 14.9. The smallest absolute Gasteiger partial charge is 0.321 e. The van der Waals surface area contributed by atoms with Gasteiger partial charge in [-0.05, 0) is 36.4 Å². The van der Waals surface area contributed by atoms with E-state index in [1.165, 1.54) is 0 Å². The van der Waals surface area contributed by atoms with Crippen LogP contribution in [0.15, 0.2) is 46.2 Å². The third-order valence-corrected chi connectivity index (χ3v) is 5.44. The average molecular weight is 384 g/mol. The fourth-order valence-electron chi connectivity index (χ4n) is 3.20. The number of benzene rings is 1. The number of nitrogens with zero attached hydrogens (tertiary/aromatic N) is 3. The van der Waals surface area contributed by atoms with E-state index in [1.54, 1.807) is 23.3 Å². The van der Waals surface area contributed by atoms with Gasteiger partial charge in [-0.3, -0.25) is 0 Å². The molecule has 2 amide bonds. The summed E-state index contributed by atoms with van der Waals surface area (Å²) in [6.45, 7) is 1.25. The summed E-state index contributed by atoms with van der Waals surface area (Å²) in [5.74, 6) is 1.81. The van der Waals surface area contributed by atoms with Crippen LogP contribution in [0.2, 0.25) is 0 Å². The van der Waals surface area contributed by atoms with E-state index in [-0.39, 0.29) is 11.9 Å². The van der Waals surface area contributed by atoms with E-state index in [9.17, 15) is 4.79 Å². The Hall–Kier alpha value is -2.87. The first kappa shape index (κ1) is 17.5. The van der Waals surface area contributed by atoms with Crippen molar-refractivity contribution < 1.29 is 13.9 Å². The summed E-state index contributed by atoms with van der Waals surface area (Å²) < 4.78 is 11.2. The number of methoxy groups -OCH3 is 1. The Labute approximate surface area is 161 Å². The zero-order valence-corrected chi connectivity index (χ0v) is 15.7. The number of para-hydroxylation sites is 2. The highest BCUT2D eigenvalue weighted by molar-refractivity contribution is 7.13. The van der Waals surface area contributed by atoms with E-state index in [1.807, 2.05) is 41.8 Å². The number of hydrogen-bond donors (Lipinski definition) is 1. The molecular formula is C19H20N4O3S.